The summed E-state index contributed by atoms with van der Waals surface area (Å²) >= 11 is 6.15. The summed E-state index contributed by atoms with van der Waals surface area (Å²) in [5, 5.41) is 0.0909. The van der Waals surface area contributed by atoms with E-state index in [-0.39, 0.29) is 27.4 Å². The molecule has 0 amide bonds. The van der Waals surface area contributed by atoms with Crippen LogP contribution < -0.4 is 0 Å². The normalized spacial score (nSPS) is 25.2. The lowest BCUT2D eigenvalue weighted by molar-refractivity contribution is -0.0959. The number of aromatic nitrogens is 4. The summed E-state index contributed by atoms with van der Waals surface area (Å²) in [6.07, 6.45) is -0.0219. The Balaban J connectivity index is 1.67. The van der Waals surface area contributed by atoms with Crippen molar-refractivity contribution in [1.82, 2.24) is 19.5 Å². The highest BCUT2D eigenvalue weighted by molar-refractivity contribution is 6.33. The second-order valence-corrected chi connectivity index (χ2v) is 9.23. The van der Waals surface area contributed by atoms with Crippen LogP contribution in [-0.2, 0) is 14.2 Å². The van der Waals surface area contributed by atoms with Gasteiger partial charge in [-0.25, -0.2) is 28.9 Å². The number of carbonyl (C=O) groups excluding carboxylic acids is 2. The lowest BCUT2D eigenvalue weighted by atomic mass is 9.80. The van der Waals surface area contributed by atoms with Gasteiger partial charge < -0.3 is 14.2 Å². The zero-order valence-corrected chi connectivity index (χ0v) is 20.8. The second kappa shape index (κ2) is 9.20. The van der Waals surface area contributed by atoms with Gasteiger partial charge in [-0.05, 0) is 37.6 Å². The van der Waals surface area contributed by atoms with E-state index in [1.54, 1.807) is 48.5 Å². The van der Waals surface area contributed by atoms with Crippen LogP contribution in [-0.4, -0.2) is 49.8 Å². The number of alkyl halides is 1. The number of carbonyl (C=O) groups is 2. The van der Waals surface area contributed by atoms with Crippen LogP contribution in [0.1, 0.15) is 52.5 Å². The highest BCUT2D eigenvalue weighted by Gasteiger charge is 2.67. The quantitative estimate of drug-likeness (QED) is 0.269. The van der Waals surface area contributed by atoms with E-state index in [4.69, 9.17) is 25.8 Å². The number of ether oxygens (including phenoxy) is 3. The minimum absolute atomic E-state index is 0.0909. The average Bonchev–Trinajstić information content (AvgIpc) is 3.41. The van der Waals surface area contributed by atoms with Gasteiger partial charge >= 0.3 is 11.9 Å². The molecule has 1 fully saturated rings. The van der Waals surface area contributed by atoms with Gasteiger partial charge in [-0.15, -0.1) is 0 Å². The third kappa shape index (κ3) is 3.93. The summed E-state index contributed by atoms with van der Waals surface area (Å²) in [4.78, 5) is 38.1. The van der Waals surface area contributed by atoms with Gasteiger partial charge in [-0.1, -0.05) is 48.0 Å². The number of nitrogens with zero attached hydrogens (tertiary/aromatic N) is 4. The number of esters is 2. The predicted molar refractivity (Wildman–Crippen MR) is 131 cm³/mol. The molecule has 4 atom stereocenters. The molecule has 0 saturated carbocycles. The van der Waals surface area contributed by atoms with Crippen LogP contribution in [0.3, 0.4) is 0 Å². The minimum atomic E-state index is -2.35. The standard InChI is InChI=1S/C26H22ClFN4O5/c1-25(28)24(32-14-31-18-20(27)29-13-30-21(18)32)36-19(16-11-7-8-12-17(16)23(34)35-3)26(25,2)37-22(33)15-9-5-4-6-10-15/h4-14,19,24H,1-3H3/t19-,24+,25+,26-/m1/s1. The Kier molecular flexibility index (Phi) is 6.17. The smallest absolute Gasteiger partial charge is 0.338 e. The molecule has 0 bridgehead atoms. The SMILES string of the molecule is COC(=O)c1ccccc1[C@H]1O[C@H](n2cnc3c(Cl)ncnc32)[C@](C)(F)[C@]1(C)OC(=O)c1ccccc1. The molecule has 5 rings (SSSR count). The van der Waals surface area contributed by atoms with Crippen molar-refractivity contribution in [3.8, 4) is 0 Å². The van der Waals surface area contributed by atoms with E-state index in [1.165, 1.54) is 44.2 Å². The maximum atomic E-state index is 17.1. The van der Waals surface area contributed by atoms with Crippen molar-refractivity contribution in [1.29, 1.82) is 0 Å². The third-order valence-electron chi connectivity index (χ3n) is 6.73. The first-order valence-corrected chi connectivity index (χ1v) is 11.7. The molecule has 4 aromatic rings. The summed E-state index contributed by atoms with van der Waals surface area (Å²) in [6, 6.07) is 14.7. The predicted octanol–water partition coefficient (Wildman–Crippen LogP) is 4.88. The van der Waals surface area contributed by atoms with Gasteiger partial charge in [0.2, 0.25) is 0 Å². The molecule has 3 heterocycles. The van der Waals surface area contributed by atoms with E-state index in [9.17, 15) is 9.59 Å². The number of methoxy groups -OCH3 is 1. The maximum Gasteiger partial charge on any atom is 0.338 e. The molecule has 1 aliphatic rings. The number of fused-ring (bicyclic) bond motifs is 1. The van der Waals surface area contributed by atoms with Crippen molar-refractivity contribution in [3.63, 3.8) is 0 Å². The number of hydrogen-bond donors (Lipinski definition) is 0. The highest BCUT2D eigenvalue weighted by Crippen LogP contribution is 2.57. The molecule has 0 spiro atoms. The van der Waals surface area contributed by atoms with Crippen molar-refractivity contribution in [3.05, 3.63) is 89.1 Å². The van der Waals surface area contributed by atoms with Crippen LogP contribution in [0.4, 0.5) is 4.39 Å². The van der Waals surface area contributed by atoms with Gasteiger partial charge in [-0.3, -0.25) is 4.57 Å². The van der Waals surface area contributed by atoms with E-state index in [2.05, 4.69) is 15.0 Å². The van der Waals surface area contributed by atoms with E-state index in [0.29, 0.717) is 5.56 Å². The van der Waals surface area contributed by atoms with Crippen molar-refractivity contribution in [2.45, 2.75) is 37.4 Å². The zero-order valence-electron chi connectivity index (χ0n) is 20.1. The molecule has 0 unspecified atom stereocenters. The molecule has 37 heavy (non-hydrogen) atoms. The molecule has 1 aliphatic heterocycles. The Morgan fingerprint density at radius 3 is 2.46 bits per heavy atom. The summed E-state index contributed by atoms with van der Waals surface area (Å²) in [5.41, 5.74) is -3.11. The molecule has 0 N–H and O–H groups in total. The fraction of sp³-hybridized carbons (Fsp3) is 0.269. The van der Waals surface area contributed by atoms with Gasteiger partial charge in [0, 0.05) is 0 Å². The van der Waals surface area contributed by atoms with Crippen LogP contribution >= 0.6 is 11.6 Å². The summed E-state index contributed by atoms with van der Waals surface area (Å²) < 4.78 is 35.6. The first-order chi connectivity index (χ1) is 17.7. The van der Waals surface area contributed by atoms with E-state index < -0.39 is 35.5 Å². The van der Waals surface area contributed by atoms with Crippen LogP contribution in [0, 0.1) is 0 Å². The lowest BCUT2D eigenvalue weighted by Crippen LogP contribution is -2.51. The molecule has 11 heteroatoms. The maximum absolute atomic E-state index is 17.1. The zero-order chi connectivity index (χ0) is 26.4. The molecule has 0 aliphatic carbocycles. The molecule has 2 aromatic carbocycles. The fourth-order valence-corrected chi connectivity index (χ4v) is 4.76. The lowest BCUT2D eigenvalue weighted by Gasteiger charge is -2.37. The van der Waals surface area contributed by atoms with Crippen molar-refractivity contribution < 1.29 is 28.2 Å². The Morgan fingerprint density at radius 2 is 1.73 bits per heavy atom. The van der Waals surface area contributed by atoms with E-state index in [0.717, 1.165) is 0 Å². The number of benzene rings is 2. The van der Waals surface area contributed by atoms with Gasteiger partial charge in [0.1, 0.15) is 17.9 Å². The topological polar surface area (TPSA) is 105 Å². The van der Waals surface area contributed by atoms with Crippen LogP contribution in [0.2, 0.25) is 5.15 Å². The average molecular weight is 525 g/mol. The Labute approximate surface area is 216 Å². The second-order valence-electron chi connectivity index (χ2n) is 8.87. The van der Waals surface area contributed by atoms with Gasteiger partial charge in [0.25, 0.3) is 0 Å². The van der Waals surface area contributed by atoms with Crippen LogP contribution in [0.5, 0.6) is 0 Å². The monoisotopic (exact) mass is 524 g/mol. The molecule has 1 saturated heterocycles. The highest BCUT2D eigenvalue weighted by atomic mass is 35.5. The van der Waals surface area contributed by atoms with E-state index >= 15 is 4.39 Å². The molecule has 0 radical (unpaired) electrons. The van der Waals surface area contributed by atoms with E-state index in [1.807, 2.05) is 0 Å². The third-order valence-corrected chi connectivity index (χ3v) is 7.01. The van der Waals surface area contributed by atoms with Crippen molar-refractivity contribution >= 4 is 34.7 Å². The number of rotatable bonds is 5. The molecular formula is C26H22ClFN4O5. The molecular weight excluding hydrogens is 503 g/mol. The summed E-state index contributed by atoms with van der Waals surface area (Å²) in [6.45, 7) is 2.71. The summed E-state index contributed by atoms with van der Waals surface area (Å²) in [7, 11) is 1.24. The van der Waals surface area contributed by atoms with Crippen molar-refractivity contribution in [2.75, 3.05) is 7.11 Å². The van der Waals surface area contributed by atoms with Crippen LogP contribution in [0.25, 0.3) is 11.2 Å². The Hall–Kier alpha value is -3.89. The Morgan fingerprint density at radius 1 is 1.03 bits per heavy atom. The van der Waals surface area contributed by atoms with Gasteiger partial charge in [0.05, 0.1) is 24.6 Å². The largest absolute Gasteiger partial charge is 0.465 e. The van der Waals surface area contributed by atoms with Crippen molar-refractivity contribution in [2.24, 2.45) is 0 Å². The number of imidazole rings is 1. The molecule has 9 nitrogen and oxygen atoms in total. The van der Waals surface area contributed by atoms with Gasteiger partial charge in [-0.2, -0.15) is 0 Å². The number of halogens is 2. The fourth-order valence-electron chi connectivity index (χ4n) is 4.58. The minimum Gasteiger partial charge on any atom is -0.465 e. The summed E-state index contributed by atoms with van der Waals surface area (Å²) in [5.74, 6) is -1.40. The molecule has 190 valence electrons. The van der Waals surface area contributed by atoms with Crippen LogP contribution in [0.15, 0.2) is 67.3 Å². The Bertz CT molecular complexity index is 1490. The first-order valence-electron chi connectivity index (χ1n) is 11.3. The van der Waals surface area contributed by atoms with Gasteiger partial charge in [0.15, 0.2) is 28.3 Å². The molecule has 2 aromatic heterocycles. The number of hydrogen-bond acceptors (Lipinski definition) is 8. The first kappa shape index (κ1) is 24.8.